The number of rotatable bonds is 5. The van der Waals surface area contributed by atoms with Crippen LogP contribution >= 0.6 is 11.3 Å². The predicted molar refractivity (Wildman–Crippen MR) is 103 cm³/mol. The third kappa shape index (κ3) is 3.67. The zero-order valence-electron chi connectivity index (χ0n) is 13.6. The molecule has 0 aliphatic carbocycles. The van der Waals surface area contributed by atoms with Crippen molar-refractivity contribution >= 4 is 44.1 Å². The number of amides is 1. The smallest absolute Gasteiger partial charge is 0.224 e. The van der Waals surface area contributed by atoms with Crippen molar-refractivity contribution in [2.75, 3.05) is 5.32 Å². The molecule has 0 saturated carbocycles. The van der Waals surface area contributed by atoms with E-state index in [9.17, 15) is 4.79 Å². The van der Waals surface area contributed by atoms with E-state index in [1.54, 1.807) is 17.5 Å². The van der Waals surface area contributed by atoms with Crippen LogP contribution in [0, 0.1) is 0 Å². The van der Waals surface area contributed by atoms with Gasteiger partial charge in [0.2, 0.25) is 5.91 Å². The number of aryl methyl sites for hydroxylation is 1. The average Bonchev–Trinajstić information content (AvgIpc) is 3.04. The molecule has 4 aromatic rings. The van der Waals surface area contributed by atoms with Crippen LogP contribution in [0.15, 0.2) is 60.8 Å². The average molecular weight is 347 g/mol. The Balaban J connectivity index is 1.33. The molecule has 0 fully saturated rings. The molecule has 0 saturated heterocycles. The van der Waals surface area contributed by atoms with E-state index in [1.807, 2.05) is 48.5 Å². The van der Waals surface area contributed by atoms with Crippen molar-refractivity contribution < 1.29 is 4.79 Å². The molecule has 4 rings (SSSR count). The number of nitrogens with one attached hydrogen (secondary N) is 1. The van der Waals surface area contributed by atoms with Crippen molar-refractivity contribution in [1.82, 2.24) is 9.97 Å². The number of hydrogen-bond donors (Lipinski definition) is 1. The molecule has 1 amide bonds. The van der Waals surface area contributed by atoms with Gasteiger partial charge in [-0.2, -0.15) is 0 Å². The Kier molecular flexibility index (Phi) is 4.39. The Labute approximate surface area is 149 Å². The van der Waals surface area contributed by atoms with Gasteiger partial charge in [-0.25, -0.2) is 4.98 Å². The molecule has 0 aliphatic heterocycles. The minimum Gasteiger partial charge on any atom is -0.326 e. The van der Waals surface area contributed by atoms with Crippen LogP contribution in [-0.4, -0.2) is 15.9 Å². The van der Waals surface area contributed by atoms with Crippen LogP contribution in [0.5, 0.6) is 0 Å². The van der Waals surface area contributed by atoms with Gasteiger partial charge in [-0.3, -0.25) is 9.78 Å². The number of anilines is 1. The van der Waals surface area contributed by atoms with Crippen LogP contribution in [0.4, 0.5) is 5.69 Å². The van der Waals surface area contributed by atoms with Crippen LogP contribution < -0.4 is 5.32 Å². The van der Waals surface area contributed by atoms with E-state index in [1.165, 1.54) is 4.70 Å². The summed E-state index contributed by atoms with van der Waals surface area (Å²) in [6, 6.07) is 17.8. The van der Waals surface area contributed by atoms with E-state index in [2.05, 4.69) is 21.4 Å². The number of aromatic nitrogens is 2. The summed E-state index contributed by atoms with van der Waals surface area (Å²) in [4.78, 5) is 21.1. The fourth-order valence-corrected chi connectivity index (χ4v) is 3.81. The monoisotopic (exact) mass is 347 g/mol. The van der Waals surface area contributed by atoms with E-state index >= 15 is 0 Å². The third-order valence-electron chi connectivity index (χ3n) is 4.02. The number of fused-ring (bicyclic) bond motifs is 2. The molecule has 124 valence electrons. The highest BCUT2D eigenvalue weighted by Crippen LogP contribution is 2.23. The van der Waals surface area contributed by atoms with Crippen molar-refractivity contribution in [3.8, 4) is 0 Å². The Morgan fingerprint density at radius 3 is 2.88 bits per heavy atom. The second-order valence-corrected chi connectivity index (χ2v) is 7.00. The quantitative estimate of drug-likeness (QED) is 0.564. The molecule has 1 N–H and O–H groups in total. The minimum atomic E-state index is 0.0318. The predicted octanol–water partition coefficient (Wildman–Crippen LogP) is 4.81. The summed E-state index contributed by atoms with van der Waals surface area (Å²) in [5, 5.41) is 5.07. The largest absolute Gasteiger partial charge is 0.326 e. The normalized spacial score (nSPS) is 11.0. The lowest BCUT2D eigenvalue weighted by molar-refractivity contribution is -0.116. The van der Waals surface area contributed by atoms with Gasteiger partial charge >= 0.3 is 0 Å². The highest BCUT2D eigenvalue weighted by Gasteiger charge is 2.06. The summed E-state index contributed by atoms with van der Waals surface area (Å²) in [7, 11) is 0. The summed E-state index contributed by atoms with van der Waals surface area (Å²) >= 11 is 1.70. The Morgan fingerprint density at radius 1 is 1.04 bits per heavy atom. The number of benzene rings is 2. The lowest BCUT2D eigenvalue weighted by Gasteiger charge is -2.06. The zero-order chi connectivity index (χ0) is 17.1. The van der Waals surface area contributed by atoms with Crippen molar-refractivity contribution in [2.24, 2.45) is 0 Å². The molecule has 2 aromatic heterocycles. The maximum Gasteiger partial charge on any atom is 0.224 e. The van der Waals surface area contributed by atoms with Crippen molar-refractivity contribution in [3.63, 3.8) is 0 Å². The van der Waals surface area contributed by atoms with Gasteiger partial charge < -0.3 is 5.32 Å². The Morgan fingerprint density at radius 2 is 1.96 bits per heavy atom. The zero-order valence-corrected chi connectivity index (χ0v) is 14.4. The van der Waals surface area contributed by atoms with Gasteiger partial charge in [-0.05, 0) is 49.2 Å². The van der Waals surface area contributed by atoms with E-state index in [-0.39, 0.29) is 5.91 Å². The molecule has 0 unspecified atom stereocenters. The van der Waals surface area contributed by atoms with E-state index in [0.29, 0.717) is 6.42 Å². The molecular formula is C20H17N3OS. The molecule has 2 aromatic carbocycles. The highest BCUT2D eigenvalue weighted by atomic mass is 32.1. The SMILES string of the molecule is O=C(CCCc1nc2ccccc2s1)Nc1ccc2ncccc2c1. The van der Waals surface area contributed by atoms with Crippen molar-refractivity contribution in [1.29, 1.82) is 0 Å². The minimum absolute atomic E-state index is 0.0318. The van der Waals surface area contributed by atoms with Crippen LogP contribution in [0.3, 0.4) is 0 Å². The van der Waals surface area contributed by atoms with E-state index in [0.717, 1.165) is 40.0 Å². The van der Waals surface area contributed by atoms with Gasteiger partial charge in [0.15, 0.2) is 0 Å². The van der Waals surface area contributed by atoms with E-state index in [4.69, 9.17) is 0 Å². The maximum atomic E-state index is 12.2. The van der Waals surface area contributed by atoms with Gasteiger partial charge in [0, 0.05) is 23.7 Å². The van der Waals surface area contributed by atoms with Gasteiger partial charge in [0.05, 0.1) is 20.7 Å². The van der Waals surface area contributed by atoms with Crippen LogP contribution in [0.1, 0.15) is 17.8 Å². The number of hydrogen-bond acceptors (Lipinski definition) is 4. The molecule has 0 bridgehead atoms. The molecule has 2 heterocycles. The summed E-state index contributed by atoms with van der Waals surface area (Å²) in [5.74, 6) is 0.0318. The first kappa shape index (κ1) is 15.7. The molecular weight excluding hydrogens is 330 g/mol. The molecule has 5 heteroatoms. The number of para-hydroxylation sites is 1. The number of nitrogens with zero attached hydrogens (tertiary/aromatic N) is 2. The van der Waals surface area contributed by atoms with Crippen molar-refractivity contribution in [2.45, 2.75) is 19.3 Å². The second-order valence-electron chi connectivity index (χ2n) is 5.89. The number of pyridine rings is 1. The second kappa shape index (κ2) is 6.99. The fraction of sp³-hybridized carbons (Fsp3) is 0.150. The maximum absolute atomic E-state index is 12.2. The number of carbonyl (C=O) groups is 1. The fourth-order valence-electron chi connectivity index (χ4n) is 2.80. The Hall–Kier alpha value is -2.79. The highest BCUT2D eigenvalue weighted by molar-refractivity contribution is 7.18. The summed E-state index contributed by atoms with van der Waals surface area (Å²) in [6.07, 6.45) is 3.87. The van der Waals surface area contributed by atoms with Gasteiger partial charge in [-0.15, -0.1) is 11.3 Å². The molecule has 4 nitrogen and oxygen atoms in total. The molecule has 0 atom stereocenters. The van der Waals surface area contributed by atoms with Crippen LogP contribution in [-0.2, 0) is 11.2 Å². The standard InChI is InChI=1S/C20H17N3OS/c24-19(22-15-10-11-16-14(13-15)5-4-12-21-16)8-3-9-20-23-17-6-1-2-7-18(17)25-20/h1-2,4-7,10-13H,3,8-9H2,(H,22,24). The number of carbonyl (C=O) groups excluding carboxylic acids is 1. The van der Waals surface area contributed by atoms with Gasteiger partial charge in [0.1, 0.15) is 0 Å². The summed E-state index contributed by atoms with van der Waals surface area (Å²) < 4.78 is 1.20. The van der Waals surface area contributed by atoms with Crippen LogP contribution in [0.2, 0.25) is 0 Å². The molecule has 0 spiro atoms. The molecule has 0 aliphatic rings. The lowest BCUT2D eigenvalue weighted by Crippen LogP contribution is -2.11. The third-order valence-corrected chi connectivity index (χ3v) is 5.12. The lowest BCUT2D eigenvalue weighted by atomic mass is 10.2. The number of thiazole rings is 1. The first-order valence-corrected chi connectivity index (χ1v) is 9.09. The summed E-state index contributed by atoms with van der Waals surface area (Å²) in [5.41, 5.74) is 2.78. The van der Waals surface area contributed by atoms with E-state index < -0.39 is 0 Å². The van der Waals surface area contributed by atoms with Gasteiger partial charge in [-0.1, -0.05) is 18.2 Å². The Bertz CT molecular complexity index is 1010. The summed E-state index contributed by atoms with van der Waals surface area (Å²) in [6.45, 7) is 0. The van der Waals surface area contributed by atoms with Crippen molar-refractivity contribution in [3.05, 3.63) is 65.8 Å². The molecule has 25 heavy (non-hydrogen) atoms. The molecule has 0 radical (unpaired) electrons. The van der Waals surface area contributed by atoms with Crippen LogP contribution in [0.25, 0.3) is 21.1 Å². The van der Waals surface area contributed by atoms with Gasteiger partial charge in [0.25, 0.3) is 0 Å². The topological polar surface area (TPSA) is 54.9 Å². The first-order valence-electron chi connectivity index (χ1n) is 8.27. The first-order chi connectivity index (χ1) is 12.3.